The minimum atomic E-state index is 0.0478. The quantitative estimate of drug-likeness (QED) is 0.848. The van der Waals surface area contributed by atoms with Crippen molar-refractivity contribution in [3.05, 3.63) is 6.07 Å². The molecular weight excluding hydrogens is 324 g/mol. The van der Waals surface area contributed by atoms with Crippen LogP contribution in [0.3, 0.4) is 0 Å². The van der Waals surface area contributed by atoms with Crippen molar-refractivity contribution in [1.82, 2.24) is 15.3 Å². The summed E-state index contributed by atoms with van der Waals surface area (Å²) in [6.45, 7) is 2.95. The van der Waals surface area contributed by atoms with Crippen LogP contribution in [0.15, 0.2) is 6.07 Å². The molecule has 0 atom stereocenters. The lowest BCUT2D eigenvalue weighted by atomic mass is 9.95. The average Bonchev–Trinajstić information content (AvgIpc) is 2.68. The van der Waals surface area contributed by atoms with E-state index >= 15 is 0 Å². The van der Waals surface area contributed by atoms with Crippen molar-refractivity contribution >= 4 is 11.9 Å². The molecule has 2 aliphatic heterocycles. The zero-order valence-electron chi connectivity index (χ0n) is 14.9. The molecule has 8 heteroatoms. The third-order valence-electron chi connectivity index (χ3n) is 4.80. The first-order chi connectivity index (χ1) is 12.2. The molecule has 0 unspecified atom stereocenters. The predicted octanol–water partition coefficient (Wildman–Crippen LogP) is 1.01. The van der Waals surface area contributed by atoms with Gasteiger partial charge < -0.3 is 24.4 Å². The van der Waals surface area contributed by atoms with E-state index in [-0.39, 0.29) is 17.9 Å². The van der Waals surface area contributed by atoms with Gasteiger partial charge in [-0.2, -0.15) is 9.97 Å². The van der Waals surface area contributed by atoms with Gasteiger partial charge in [0.05, 0.1) is 20.3 Å². The minimum Gasteiger partial charge on any atom is -0.481 e. The van der Waals surface area contributed by atoms with Gasteiger partial charge in [0.2, 0.25) is 23.6 Å². The minimum absolute atomic E-state index is 0.0478. The van der Waals surface area contributed by atoms with Crippen molar-refractivity contribution in [3.63, 3.8) is 0 Å². The van der Waals surface area contributed by atoms with Crippen LogP contribution in [0.1, 0.15) is 25.7 Å². The summed E-state index contributed by atoms with van der Waals surface area (Å²) >= 11 is 0. The molecule has 3 heterocycles. The van der Waals surface area contributed by atoms with Crippen molar-refractivity contribution in [1.29, 1.82) is 0 Å². The SMILES string of the molecule is COc1cc(OC)nc(N2CCC(C(=O)NC3CCOCC3)CC2)n1. The van der Waals surface area contributed by atoms with E-state index < -0.39 is 0 Å². The highest BCUT2D eigenvalue weighted by Gasteiger charge is 2.28. The van der Waals surface area contributed by atoms with E-state index in [1.54, 1.807) is 20.3 Å². The molecule has 1 aromatic heterocycles. The van der Waals surface area contributed by atoms with Gasteiger partial charge in [-0.25, -0.2) is 0 Å². The zero-order valence-corrected chi connectivity index (χ0v) is 14.9. The number of nitrogens with zero attached hydrogens (tertiary/aromatic N) is 3. The number of amides is 1. The van der Waals surface area contributed by atoms with Crippen molar-refractivity contribution < 1.29 is 19.0 Å². The van der Waals surface area contributed by atoms with Crippen LogP contribution in [0.5, 0.6) is 11.8 Å². The summed E-state index contributed by atoms with van der Waals surface area (Å²) in [5.74, 6) is 1.74. The van der Waals surface area contributed by atoms with E-state index in [0.29, 0.717) is 17.7 Å². The first-order valence-corrected chi connectivity index (χ1v) is 8.79. The molecule has 0 bridgehead atoms. The van der Waals surface area contributed by atoms with Crippen LogP contribution >= 0.6 is 0 Å². The number of carbonyl (C=O) groups excluding carboxylic acids is 1. The number of carbonyl (C=O) groups is 1. The number of hydrogen-bond acceptors (Lipinski definition) is 7. The van der Waals surface area contributed by atoms with Crippen LogP contribution in [0.25, 0.3) is 0 Å². The molecule has 138 valence electrons. The second-order valence-electron chi connectivity index (χ2n) is 6.41. The number of methoxy groups -OCH3 is 2. The van der Waals surface area contributed by atoms with Crippen molar-refractivity contribution in [2.75, 3.05) is 45.4 Å². The number of nitrogens with one attached hydrogen (secondary N) is 1. The van der Waals surface area contributed by atoms with Gasteiger partial charge in [-0.05, 0) is 25.7 Å². The molecule has 2 fully saturated rings. The molecule has 0 aliphatic carbocycles. The maximum atomic E-state index is 12.5. The van der Waals surface area contributed by atoms with Crippen molar-refractivity contribution in [2.45, 2.75) is 31.7 Å². The Morgan fingerprint density at radius 3 is 2.28 bits per heavy atom. The Morgan fingerprint density at radius 1 is 1.12 bits per heavy atom. The van der Waals surface area contributed by atoms with Gasteiger partial charge in [0.15, 0.2) is 0 Å². The molecule has 0 spiro atoms. The Labute approximate surface area is 147 Å². The fourth-order valence-electron chi connectivity index (χ4n) is 3.25. The summed E-state index contributed by atoms with van der Waals surface area (Å²) in [6.07, 6.45) is 3.39. The fourth-order valence-corrected chi connectivity index (χ4v) is 3.25. The number of piperidine rings is 1. The Bertz CT molecular complexity index is 562. The summed E-state index contributed by atoms with van der Waals surface area (Å²) in [6, 6.07) is 1.91. The molecule has 2 saturated heterocycles. The summed E-state index contributed by atoms with van der Waals surface area (Å²) in [7, 11) is 3.14. The summed E-state index contributed by atoms with van der Waals surface area (Å²) < 4.78 is 15.7. The fraction of sp³-hybridized carbons (Fsp3) is 0.706. The Morgan fingerprint density at radius 2 is 1.72 bits per heavy atom. The molecule has 0 aromatic carbocycles. The molecule has 1 amide bonds. The molecule has 25 heavy (non-hydrogen) atoms. The van der Waals surface area contributed by atoms with Gasteiger partial charge in [0, 0.05) is 38.3 Å². The number of rotatable bonds is 5. The lowest BCUT2D eigenvalue weighted by Crippen LogP contribution is -2.45. The van der Waals surface area contributed by atoms with Crippen molar-refractivity contribution in [2.24, 2.45) is 5.92 Å². The largest absolute Gasteiger partial charge is 0.481 e. The maximum absolute atomic E-state index is 12.5. The van der Waals surface area contributed by atoms with Gasteiger partial charge in [-0.1, -0.05) is 0 Å². The van der Waals surface area contributed by atoms with Crippen molar-refractivity contribution in [3.8, 4) is 11.8 Å². The van der Waals surface area contributed by atoms with Gasteiger partial charge in [0.25, 0.3) is 0 Å². The number of anilines is 1. The smallest absolute Gasteiger partial charge is 0.231 e. The molecule has 0 saturated carbocycles. The molecule has 2 aliphatic rings. The van der Waals surface area contributed by atoms with E-state index in [2.05, 4.69) is 20.2 Å². The Hall–Kier alpha value is -2.09. The summed E-state index contributed by atoms with van der Waals surface area (Å²) in [5.41, 5.74) is 0. The summed E-state index contributed by atoms with van der Waals surface area (Å²) in [5, 5.41) is 3.17. The standard InChI is InChI=1S/C17H26N4O4/c1-23-14-11-15(24-2)20-17(19-14)21-7-3-12(4-8-21)16(22)18-13-5-9-25-10-6-13/h11-13H,3-10H2,1-2H3,(H,18,22). The monoisotopic (exact) mass is 350 g/mol. The van der Waals surface area contributed by atoms with Crippen LogP contribution in [0.2, 0.25) is 0 Å². The van der Waals surface area contributed by atoms with E-state index in [0.717, 1.165) is 52.0 Å². The first-order valence-electron chi connectivity index (χ1n) is 8.79. The highest BCUT2D eigenvalue weighted by Crippen LogP contribution is 2.25. The highest BCUT2D eigenvalue weighted by atomic mass is 16.5. The van der Waals surface area contributed by atoms with Crippen LogP contribution in [-0.2, 0) is 9.53 Å². The number of ether oxygens (including phenoxy) is 3. The normalized spacial score (nSPS) is 19.5. The zero-order chi connectivity index (χ0) is 17.6. The van der Waals surface area contributed by atoms with Gasteiger partial charge in [-0.3, -0.25) is 4.79 Å². The molecule has 3 rings (SSSR count). The lowest BCUT2D eigenvalue weighted by molar-refractivity contribution is -0.126. The molecule has 1 aromatic rings. The van der Waals surface area contributed by atoms with Crippen LogP contribution in [0.4, 0.5) is 5.95 Å². The summed E-state index contributed by atoms with van der Waals surface area (Å²) in [4.78, 5) is 23.3. The van der Waals surface area contributed by atoms with Gasteiger partial charge in [-0.15, -0.1) is 0 Å². The Kier molecular flexibility index (Phi) is 5.91. The van der Waals surface area contributed by atoms with E-state index in [1.165, 1.54) is 0 Å². The predicted molar refractivity (Wildman–Crippen MR) is 92.1 cm³/mol. The average molecular weight is 350 g/mol. The topological polar surface area (TPSA) is 85.8 Å². The molecule has 0 radical (unpaired) electrons. The Balaban J connectivity index is 1.55. The van der Waals surface area contributed by atoms with Crippen LogP contribution in [-0.4, -0.2) is 62.4 Å². The van der Waals surface area contributed by atoms with Gasteiger partial charge >= 0.3 is 0 Å². The van der Waals surface area contributed by atoms with Crippen LogP contribution in [0, 0.1) is 5.92 Å². The maximum Gasteiger partial charge on any atom is 0.231 e. The van der Waals surface area contributed by atoms with E-state index in [1.807, 2.05) is 0 Å². The number of aromatic nitrogens is 2. The molecule has 8 nitrogen and oxygen atoms in total. The van der Waals surface area contributed by atoms with Crippen LogP contribution < -0.4 is 19.7 Å². The number of hydrogen-bond donors (Lipinski definition) is 1. The van der Waals surface area contributed by atoms with E-state index in [9.17, 15) is 4.79 Å². The third-order valence-corrected chi connectivity index (χ3v) is 4.80. The molecular formula is C17H26N4O4. The first kappa shape index (κ1) is 17.7. The second kappa shape index (κ2) is 8.33. The third kappa shape index (κ3) is 4.50. The second-order valence-corrected chi connectivity index (χ2v) is 6.41. The highest BCUT2D eigenvalue weighted by molar-refractivity contribution is 5.79. The lowest BCUT2D eigenvalue weighted by Gasteiger charge is -2.32. The molecule has 1 N–H and O–H groups in total. The van der Waals surface area contributed by atoms with E-state index in [4.69, 9.17) is 14.2 Å². The van der Waals surface area contributed by atoms with Gasteiger partial charge in [0.1, 0.15) is 0 Å².